The van der Waals surface area contributed by atoms with Gasteiger partial charge in [-0.25, -0.2) is 0 Å². The van der Waals surface area contributed by atoms with Gasteiger partial charge in [-0.05, 0) is 19.5 Å². The molecule has 0 unspecified atom stereocenters. The van der Waals surface area contributed by atoms with Gasteiger partial charge in [0, 0.05) is 13.0 Å². The average molecular weight is 183 g/mol. The number of ether oxygens (including phenoxy) is 1. The summed E-state index contributed by atoms with van der Waals surface area (Å²) in [6, 6.07) is 0. The average Bonchev–Trinajstić information content (AvgIpc) is 2.53. The topological polar surface area (TPSA) is 29.5 Å². The molecule has 3 heteroatoms. The summed E-state index contributed by atoms with van der Waals surface area (Å²) >= 11 is 0. The number of likely N-dealkylation sites (tertiary alicyclic amines) is 1. The van der Waals surface area contributed by atoms with E-state index in [2.05, 4.69) is 17.9 Å². The highest BCUT2D eigenvalue weighted by Gasteiger charge is 2.15. The van der Waals surface area contributed by atoms with Crippen molar-refractivity contribution >= 4 is 5.91 Å². The molecule has 0 atom stereocenters. The number of rotatable bonds is 3. The van der Waals surface area contributed by atoms with E-state index in [1.54, 1.807) is 11.1 Å². The molecule has 0 spiro atoms. The molecule has 0 bridgehead atoms. The normalized spacial score (nSPS) is 14.5. The van der Waals surface area contributed by atoms with E-state index in [-0.39, 0.29) is 5.91 Å². The minimum absolute atomic E-state index is 0.208. The van der Waals surface area contributed by atoms with E-state index in [9.17, 15) is 4.79 Å². The zero-order chi connectivity index (χ0) is 10.1. The van der Waals surface area contributed by atoms with Gasteiger partial charge in [-0.1, -0.05) is 13.2 Å². The van der Waals surface area contributed by atoms with Gasteiger partial charge in [0.15, 0.2) is 0 Å². The van der Waals surface area contributed by atoms with Gasteiger partial charge >= 0.3 is 0 Å². The largest absolute Gasteiger partial charge is 0.502 e. The van der Waals surface area contributed by atoms with E-state index in [4.69, 9.17) is 0 Å². The number of carbonyl (C=O) groups is 1. The van der Waals surface area contributed by atoms with E-state index in [0.717, 1.165) is 19.6 Å². The van der Waals surface area contributed by atoms with E-state index in [1.807, 2.05) is 6.92 Å². The fraction of sp³-hybridized carbons (Fsp3) is 0.500. The first kappa shape index (κ1) is 11.8. The Kier molecular flexibility index (Phi) is 6.69. The molecule has 13 heavy (non-hydrogen) atoms. The number of nitrogens with zero attached hydrogens (tertiary/aromatic N) is 1. The Morgan fingerprint density at radius 1 is 1.62 bits per heavy atom. The van der Waals surface area contributed by atoms with Gasteiger partial charge in [-0.3, -0.25) is 4.79 Å². The molecule has 1 aliphatic heterocycles. The van der Waals surface area contributed by atoms with E-state index < -0.39 is 0 Å². The van der Waals surface area contributed by atoms with Crippen LogP contribution < -0.4 is 0 Å². The number of hydrogen-bond donors (Lipinski definition) is 0. The predicted octanol–water partition coefficient (Wildman–Crippen LogP) is 1.92. The SMILES string of the molecule is C=CN1CCCC1=O.C=COCC. The van der Waals surface area contributed by atoms with Crippen LogP contribution in [0.5, 0.6) is 0 Å². The quantitative estimate of drug-likeness (QED) is 0.625. The third-order valence-corrected chi connectivity index (χ3v) is 1.61. The molecule has 0 aromatic rings. The van der Waals surface area contributed by atoms with Crippen LogP contribution in [0.25, 0.3) is 0 Å². The van der Waals surface area contributed by atoms with Crippen molar-refractivity contribution in [1.29, 1.82) is 0 Å². The molecule has 0 aromatic heterocycles. The van der Waals surface area contributed by atoms with Gasteiger partial charge in [0.2, 0.25) is 5.91 Å². The third kappa shape index (κ3) is 5.06. The van der Waals surface area contributed by atoms with Crippen LogP contribution in [-0.2, 0) is 9.53 Å². The van der Waals surface area contributed by atoms with Gasteiger partial charge in [0.05, 0.1) is 12.9 Å². The molecule has 0 N–H and O–H groups in total. The number of hydrogen-bond acceptors (Lipinski definition) is 2. The van der Waals surface area contributed by atoms with Crippen molar-refractivity contribution < 1.29 is 9.53 Å². The smallest absolute Gasteiger partial charge is 0.226 e. The lowest BCUT2D eigenvalue weighted by Gasteiger charge is -2.05. The maximum Gasteiger partial charge on any atom is 0.226 e. The summed E-state index contributed by atoms with van der Waals surface area (Å²) in [4.78, 5) is 12.3. The molecular formula is C10H17NO2. The zero-order valence-electron chi connectivity index (χ0n) is 8.16. The minimum atomic E-state index is 0.208. The van der Waals surface area contributed by atoms with Crippen LogP contribution in [-0.4, -0.2) is 24.0 Å². The zero-order valence-corrected chi connectivity index (χ0v) is 8.16. The molecule has 1 rings (SSSR count). The molecule has 0 radical (unpaired) electrons. The molecule has 0 aromatic carbocycles. The molecular weight excluding hydrogens is 166 g/mol. The molecule has 3 nitrogen and oxygen atoms in total. The van der Waals surface area contributed by atoms with Crippen molar-refractivity contribution in [3.8, 4) is 0 Å². The second kappa shape index (κ2) is 7.40. The Morgan fingerprint density at radius 3 is 2.46 bits per heavy atom. The van der Waals surface area contributed by atoms with Gasteiger partial charge in [0.25, 0.3) is 0 Å². The molecule has 1 amide bonds. The fourth-order valence-corrected chi connectivity index (χ4v) is 0.980. The third-order valence-electron chi connectivity index (χ3n) is 1.61. The van der Waals surface area contributed by atoms with Crippen molar-refractivity contribution in [3.05, 3.63) is 25.6 Å². The summed E-state index contributed by atoms with van der Waals surface area (Å²) in [5.41, 5.74) is 0. The van der Waals surface area contributed by atoms with E-state index in [0.29, 0.717) is 6.42 Å². The monoisotopic (exact) mass is 183 g/mol. The Morgan fingerprint density at radius 2 is 2.31 bits per heavy atom. The van der Waals surface area contributed by atoms with Crippen LogP contribution in [0.1, 0.15) is 19.8 Å². The standard InChI is InChI=1S/C6H9NO.C4H8O/c1-2-7-5-3-4-6(7)8;1-3-5-4-2/h2H,1,3-5H2;3H,1,4H2,2H3. The second-order valence-electron chi connectivity index (χ2n) is 2.50. The van der Waals surface area contributed by atoms with Crippen molar-refractivity contribution in [1.82, 2.24) is 4.90 Å². The van der Waals surface area contributed by atoms with Crippen molar-refractivity contribution in [2.24, 2.45) is 0 Å². The summed E-state index contributed by atoms with van der Waals surface area (Å²) in [7, 11) is 0. The lowest BCUT2D eigenvalue weighted by atomic mass is 10.4. The molecule has 1 fully saturated rings. The lowest BCUT2D eigenvalue weighted by Crippen LogP contribution is -2.16. The summed E-state index contributed by atoms with van der Waals surface area (Å²) in [5.74, 6) is 0.208. The highest BCUT2D eigenvalue weighted by Crippen LogP contribution is 2.08. The Bertz CT molecular complexity index is 178. The van der Waals surface area contributed by atoms with E-state index in [1.165, 1.54) is 6.26 Å². The molecule has 74 valence electrons. The van der Waals surface area contributed by atoms with Crippen molar-refractivity contribution in [2.75, 3.05) is 13.2 Å². The molecule has 0 saturated carbocycles. The maximum atomic E-state index is 10.7. The first-order valence-electron chi connectivity index (χ1n) is 4.40. The first-order chi connectivity index (χ1) is 6.26. The van der Waals surface area contributed by atoms with Gasteiger partial charge in [-0.15, -0.1) is 0 Å². The van der Waals surface area contributed by atoms with Crippen LogP contribution >= 0.6 is 0 Å². The second-order valence-corrected chi connectivity index (χ2v) is 2.50. The Labute approximate surface area is 79.7 Å². The van der Waals surface area contributed by atoms with Gasteiger partial charge < -0.3 is 9.64 Å². The first-order valence-corrected chi connectivity index (χ1v) is 4.40. The lowest BCUT2D eigenvalue weighted by molar-refractivity contribution is -0.125. The van der Waals surface area contributed by atoms with Crippen LogP contribution in [0.3, 0.4) is 0 Å². The van der Waals surface area contributed by atoms with Crippen LogP contribution in [0, 0.1) is 0 Å². The van der Waals surface area contributed by atoms with Crippen LogP contribution in [0.2, 0.25) is 0 Å². The van der Waals surface area contributed by atoms with Crippen molar-refractivity contribution in [3.63, 3.8) is 0 Å². The summed E-state index contributed by atoms with van der Waals surface area (Å²) < 4.78 is 4.60. The molecule has 1 heterocycles. The van der Waals surface area contributed by atoms with E-state index >= 15 is 0 Å². The van der Waals surface area contributed by atoms with Crippen LogP contribution in [0.4, 0.5) is 0 Å². The van der Waals surface area contributed by atoms with Gasteiger partial charge in [-0.2, -0.15) is 0 Å². The highest BCUT2D eigenvalue weighted by atomic mass is 16.5. The van der Waals surface area contributed by atoms with Crippen molar-refractivity contribution in [2.45, 2.75) is 19.8 Å². The fourth-order valence-electron chi connectivity index (χ4n) is 0.980. The predicted molar refractivity (Wildman–Crippen MR) is 53.0 cm³/mol. The summed E-state index contributed by atoms with van der Waals surface area (Å²) in [5, 5.41) is 0. The minimum Gasteiger partial charge on any atom is -0.502 e. The Balaban J connectivity index is 0.000000252. The Hall–Kier alpha value is -1.25. The molecule has 1 saturated heterocycles. The summed E-state index contributed by atoms with van der Waals surface area (Å²) in [6.45, 7) is 10.3. The summed E-state index contributed by atoms with van der Waals surface area (Å²) in [6.07, 6.45) is 4.71. The maximum absolute atomic E-state index is 10.7. The van der Waals surface area contributed by atoms with Gasteiger partial charge in [0.1, 0.15) is 0 Å². The highest BCUT2D eigenvalue weighted by molar-refractivity contribution is 5.78. The molecule has 0 aliphatic carbocycles. The molecule has 1 aliphatic rings. The number of amides is 1. The van der Waals surface area contributed by atoms with Crippen LogP contribution in [0.15, 0.2) is 25.6 Å². The number of carbonyl (C=O) groups excluding carboxylic acids is 1.